The van der Waals surface area contributed by atoms with E-state index in [4.69, 9.17) is 24.3 Å². The van der Waals surface area contributed by atoms with Crippen molar-refractivity contribution in [2.75, 3.05) is 26.4 Å². The van der Waals surface area contributed by atoms with Crippen LogP contribution in [0.15, 0.2) is 12.2 Å². The van der Waals surface area contributed by atoms with Crippen molar-refractivity contribution in [2.45, 2.75) is 238 Å². The van der Waals surface area contributed by atoms with E-state index in [0.29, 0.717) is 6.42 Å². The van der Waals surface area contributed by atoms with Gasteiger partial charge in [-0.2, -0.15) is 0 Å². The van der Waals surface area contributed by atoms with E-state index in [1.54, 1.807) is 0 Å². The van der Waals surface area contributed by atoms with Crippen LogP contribution in [-0.2, 0) is 32.7 Å². The first-order chi connectivity index (χ1) is 26.8. The molecule has 0 aliphatic heterocycles. The molecule has 0 aromatic heterocycles. The zero-order valence-corrected chi connectivity index (χ0v) is 36.8. The third kappa shape index (κ3) is 42.2. The third-order valence-electron chi connectivity index (χ3n) is 10.2. The quantitative estimate of drug-likeness (QED) is 0.0267. The summed E-state index contributed by atoms with van der Waals surface area (Å²) in [7, 11) is -4.37. The molecule has 0 bridgehead atoms. The Morgan fingerprint density at radius 1 is 0.527 bits per heavy atom. The fourth-order valence-corrected chi connectivity index (χ4v) is 7.45. The maximum absolute atomic E-state index is 12.6. The smallest absolute Gasteiger partial charge is 0.462 e. The van der Waals surface area contributed by atoms with Gasteiger partial charge in [0.1, 0.15) is 6.61 Å². The van der Waals surface area contributed by atoms with Gasteiger partial charge in [0.15, 0.2) is 6.10 Å². The Bertz CT molecular complexity index is 917. The molecule has 0 aromatic carbocycles. The first-order valence-electron chi connectivity index (χ1n) is 23.2. The van der Waals surface area contributed by atoms with Crippen LogP contribution in [0.1, 0.15) is 232 Å². The Balaban J connectivity index is 4.08. The van der Waals surface area contributed by atoms with E-state index >= 15 is 0 Å². The lowest BCUT2D eigenvalue weighted by atomic mass is 10.0. The Kier molecular flexibility index (Phi) is 41.4. The van der Waals surface area contributed by atoms with Crippen LogP contribution in [-0.4, -0.2) is 49.3 Å². The van der Waals surface area contributed by atoms with Gasteiger partial charge < -0.3 is 20.1 Å². The minimum absolute atomic E-state index is 0.0558. The molecule has 2 atom stereocenters. The Morgan fingerprint density at radius 2 is 0.891 bits per heavy atom. The number of unbranched alkanes of at least 4 members (excludes halogenated alkanes) is 29. The van der Waals surface area contributed by atoms with Gasteiger partial charge in [0.05, 0.1) is 13.2 Å². The lowest BCUT2D eigenvalue weighted by molar-refractivity contribution is -0.161. The van der Waals surface area contributed by atoms with Gasteiger partial charge in [-0.25, -0.2) is 4.57 Å². The van der Waals surface area contributed by atoms with Crippen molar-refractivity contribution < 1.29 is 37.6 Å². The number of nitrogens with two attached hydrogens (primary N) is 1. The van der Waals surface area contributed by atoms with E-state index in [9.17, 15) is 19.0 Å². The van der Waals surface area contributed by atoms with Gasteiger partial charge in [-0.3, -0.25) is 18.6 Å². The predicted octanol–water partition coefficient (Wildman–Crippen LogP) is 13.4. The Hall–Kier alpha value is -1.25. The summed E-state index contributed by atoms with van der Waals surface area (Å²) >= 11 is 0. The summed E-state index contributed by atoms with van der Waals surface area (Å²) in [5.74, 6) is -0.821. The summed E-state index contributed by atoms with van der Waals surface area (Å²) in [6.07, 6.45) is 43.8. The van der Waals surface area contributed by atoms with Crippen molar-refractivity contribution in [3.8, 4) is 0 Å². The van der Waals surface area contributed by atoms with Gasteiger partial charge in [-0.05, 0) is 38.5 Å². The lowest BCUT2D eigenvalue weighted by Crippen LogP contribution is -2.29. The lowest BCUT2D eigenvalue weighted by Gasteiger charge is -2.19. The number of allylic oxidation sites excluding steroid dienone is 2. The normalized spacial score (nSPS) is 13.3. The van der Waals surface area contributed by atoms with Crippen LogP contribution < -0.4 is 5.73 Å². The first-order valence-corrected chi connectivity index (χ1v) is 24.7. The molecule has 0 rings (SSSR count). The molecule has 0 radical (unpaired) electrons. The summed E-state index contributed by atoms with van der Waals surface area (Å²) < 4.78 is 32.8. The second-order valence-corrected chi connectivity index (χ2v) is 17.1. The maximum atomic E-state index is 12.6. The number of rotatable bonds is 44. The number of phosphoric acid groups is 1. The number of hydrogen-bond donors (Lipinski definition) is 2. The van der Waals surface area contributed by atoms with Gasteiger partial charge in [-0.15, -0.1) is 0 Å². The summed E-state index contributed by atoms with van der Waals surface area (Å²) in [6, 6.07) is 0. The second kappa shape index (κ2) is 42.4. The van der Waals surface area contributed by atoms with Crippen molar-refractivity contribution in [1.29, 1.82) is 0 Å². The summed E-state index contributed by atoms with van der Waals surface area (Å²) in [4.78, 5) is 34.9. The molecule has 0 saturated heterocycles. The van der Waals surface area contributed by atoms with E-state index in [1.807, 2.05) is 0 Å². The number of carbonyl (C=O) groups is 2. The number of ether oxygens (including phenoxy) is 2. The molecule has 326 valence electrons. The van der Waals surface area contributed by atoms with Crippen molar-refractivity contribution in [3.05, 3.63) is 12.2 Å². The number of hydrogen-bond acceptors (Lipinski definition) is 8. The Morgan fingerprint density at radius 3 is 1.29 bits per heavy atom. The highest BCUT2D eigenvalue weighted by Gasteiger charge is 2.26. The molecule has 0 saturated carbocycles. The van der Waals surface area contributed by atoms with Crippen LogP contribution in [0.3, 0.4) is 0 Å². The monoisotopic (exact) mass is 802 g/mol. The van der Waals surface area contributed by atoms with Crippen LogP contribution in [0.4, 0.5) is 0 Å². The molecule has 0 spiro atoms. The van der Waals surface area contributed by atoms with Crippen LogP contribution in [0.25, 0.3) is 0 Å². The van der Waals surface area contributed by atoms with E-state index in [0.717, 1.165) is 32.1 Å². The fraction of sp³-hybridized carbons (Fsp3) is 0.911. The van der Waals surface area contributed by atoms with Crippen molar-refractivity contribution >= 4 is 19.8 Å². The average molecular weight is 802 g/mol. The van der Waals surface area contributed by atoms with E-state index in [2.05, 4.69) is 26.0 Å². The zero-order chi connectivity index (χ0) is 40.3. The number of phosphoric ester groups is 1. The molecule has 55 heavy (non-hydrogen) atoms. The highest BCUT2D eigenvalue weighted by molar-refractivity contribution is 7.47. The van der Waals surface area contributed by atoms with Crippen molar-refractivity contribution in [2.24, 2.45) is 5.73 Å². The molecule has 9 nitrogen and oxygen atoms in total. The van der Waals surface area contributed by atoms with E-state index < -0.39 is 26.5 Å². The predicted molar refractivity (Wildman–Crippen MR) is 229 cm³/mol. The second-order valence-electron chi connectivity index (χ2n) is 15.6. The maximum Gasteiger partial charge on any atom is 0.472 e. The number of esters is 2. The van der Waals surface area contributed by atoms with Gasteiger partial charge in [0.25, 0.3) is 0 Å². The molecule has 0 aliphatic rings. The standard InChI is InChI=1S/C45H88NO8P/c1-3-5-7-9-11-13-15-17-19-20-21-22-24-25-27-29-31-33-35-37-44(47)51-41-43(42-53-55(49,50)52-40-39-46)54-45(48)38-36-34-32-30-28-26-23-18-16-14-12-10-8-6-4-2/h20-21,43H,3-19,22-42,46H2,1-2H3,(H,49,50)/b21-20-/t43-/m1/s1. The van der Waals surface area contributed by atoms with Crippen LogP contribution in [0.2, 0.25) is 0 Å². The van der Waals surface area contributed by atoms with Crippen molar-refractivity contribution in [3.63, 3.8) is 0 Å². The van der Waals surface area contributed by atoms with Crippen LogP contribution in [0.5, 0.6) is 0 Å². The molecule has 0 fully saturated rings. The SMILES string of the molecule is CCCCCCCCCC/C=C\CCCCCCCCCC(=O)OC[C@H](COP(=O)(O)OCCN)OC(=O)CCCCCCCCCCCCCCCCC. The molecule has 0 aliphatic carbocycles. The molecule has 1 unspecified atom stereocenters. The van der Waals surface area contributed by atoms with Gasteiger partial charge in [0, 0.05) is 19.4 Å². The van der Waals surface area contributed by atoms with Gasteiger partial charge >= 0.3 is 19.8 Å². The highest BCUT2D eigenvalue weighted by atomic mass is 31.2. The Labute approximate surface area is 339 Å². The summed E-state index contributed by atoms with van der Waals surface area (Å²) in [5.41, 5.74) is 5.35. The van der Waals surface area contributed by atoms with E-state index in [1.165, 1.54) is 167 Å². The highest BCUT2D eigenvalue weighted by Crippen LogP contribution is 2.43. The summed E-state index contributed by atoms with van der Waals surface area (Å²) in [5, 5.41) is 0. The first kappa shape index (κ1) is 53.8. The van der Waals surface area contributed by atoms with Crippen LogP contribution >= 0.6 is 7.82 Å². The van der Waals surface area contributed by atoms with Crippen molar-refractivity contribution in [1.82, 2.24) is 0 Å². The molecule has 0 heterocycles. The minimum Gasteiger partial charge on any atom is -0.462 e. The largest absolute Gasteiger partial charge is 0.472 e. The molecular formula is C45H88NO8P. The van der Waals surface area contributed by atoms with Gasteiger partial charge in [-0.1, -0.05) is 193 Å². The number of carbonyl (C=O) groups excluding carboxylic acids is 2. The summed E-state index contributed by atoms with van der Waals surface area (Å²) in [6.45, 7) is 3.76. The van der Waals surface area contributed by atoms with Crippen LogP contribution in [0, 0.1) is 0 Å². The molecule has 0 aromatic rings. The topological polar surface area (TPSA) is 134 Å². The third-order valence-corrected chi connectivity index (χ3v) is 11.1. The molecule has 10 heteroatoms. The molecule has 0 amide bonds. The van der Waals surface area contributed by atoms with E-state index in [-0.39, 0.29) is 38.6 Å². The molecule has 3 N–H and O–H groups in total. The zero-order valence-electron chi connectivity index (χ0n) is 35.9. The average Bonchev–Trinajstić information content (AvgIpc) is 3.17. The van der Waals surface area contributed by atoms with Gasteiger partial charge in [0.2, 0.25) is 0 Å². The minimum atomic E-state index is -4.37. The fourth-order valence-electron chi connectivity index (χ4n) is 6.69. The molecular weight excluding hydrogens is 713 g/mol.